The van der Waals surface area contributed by atoms with Gasteiger partial charge in [-0.05, 0) is 31.2 Å². The molecule has 2 N–H and O–H groups in total. The van der Waals surface area contributed by atoms with Crippen LogP contribution >= 0.6 is 11.6 Å². The van der Waals surface area contributed by atoms with Crippen LogP contribution in [0.2, 0.25) is 5.02 Å². The third-order valence-corrected chi connectivity index (χ3v) is 3.25. The zero-order valence-electron chi connectivity index (χ0n) is 10.4. The molecule has 0 radical (unpaired) electrons. The molecular formula is C14H18ClN3O2. The zero-order valence-corrected chi connectivity index (χ0v) is 11.2. The van der Waals surface area contributed by atoms with Crippen LogP contribution in [0.3, 0.4) is 0 Å². The molecule has 0 aromatic heterocycles. The number of nitrogens with zero attached hydrogens (tertiary/aromatic N) is 2. The minimum absolute atomic E-state index is 0. The Labute approximate surface area is 123 Å². The summed E-state index contributed by atoms with van der Waals surface area (Å²) in [5, 5.41) is 18.4. The minimum atomic E-state index is -1.10. The molecule has 0 bridgehead atoms. The predicted molar refractivity (Wildman–Crippen MR) is 81.9 cm³/mol. The van der Waals surface area contributed by atoms with Gasteiger partial charge in [0.05, 0.1) is 0 Å². The molecule has 5 nitrogen and oxygen atoms in total. The third kappa shape index (κ3) is 2.93. The summed E-state index contributed by atoms with van der Waals surface area (Å²) in [4.78, 5) is 11.3. The highest BCUT2D eigenvalue weighted by Gasteiger charge is 2.43. The quantitative estimate of drug-likeness (QED) is 0.893. The summed E-state index contributed by atoms with van der Waals surface area (Å²) in [5.41, 5.74) is -0.333. The first-order chi connectivity index (χ1) is 8.93. The Balaban J connectivity index is 0.00000200. The van der Waals surface area contributed by atoms with E-state index in [-0.39, 0.29) is 7.43 Å². The molecule has 6 heteroatoms. The summed E-state index contributed by atoms with van der Waals surface area (Å²) in [5.74, 6) is -0.537. The molecule has 2 rings (SSSR count). The lowest BCUT2D eigenvalue weighted by Gasteiger charge is -2.31. The molecule has 1 aromatic carbocycles. The van der Waals surface area contributed by atoms with E-state index in [0.29, 0.717) is 17.3 Å². The van der Waals surface area contributed by atoms with Crippen LogP contribution in [0.4, 0.5) is 5.69 Å². The maximum Gasteiger partial charge on any atom is 0.331 e. The maximum absolute atomic E-state index is 11.3. The number of halogens is 1. The highest BCUT2D eigenvalue weighted by molar-refractivity contribution is 6.30. The van der Waals surface area contributed by atoms with E-state index >= 15 is 0 Å². The van der Waals surface area contributed by atoms with E-state index in [2.05, 4.69) is 17.0 Å². The van der Waals surface area contributed by atoms with Gasteiger partial charge in [-0.2, -0.15) is 5.10 Å². The van der Waals surface area contributed by atoms with E-state index < -0.39 is 11.5 Å². The van der Waals surface area contributed by atoms with Crippen molar-refractivity contribution >= 4 is 29.5 Å². The van der Waals surface area contributed by atoms with E-state index in [1.807, 2.05) is 0 Å². The van der Waals surface area contributed by atoms with Crippen molar-refractivity contribution in [2.75, 3.05) is 5.32 Å². The Morgan fingerprint density at radius 3 is 2.65 bits per heavy atom. The number of hydrogen-bond acceptors (Lipinski definition) is 4. The standard InChI is InChI=1S/C13H14ClN3O2.CH4/c1-9(16-11-5-3-10(14)4-6-11)17-13(2,12(18)19)7-8-15-17;/h3-6,8,16H,1,7H2,2H3,(H,18,19);1H4/t13-;/m1./s1. The molecule has 0 spiro atoms. The molecular weight excluding hydrogens is 278 g/mol. The summed E-state index contributed by atoms with van der Waals surface area (Å²) >= 11 is 5.80. The molecule has 1 heterocycles. The first kappa shape index (κ1) is 16.0. The molecule has 0 saturated heterocycles. The van der Waals surface area contributed by atoms with E-state index in [9.17, 15) is 9.90 Å². The molecule has 1 aliphatic heterocycles. The average molecular weight is 296 g/mol. The van der Waals surface area contributed by atoms with E-state index in [0.717, 1.165) is 5.69 Å². The molecule has 108 valence electrons. The second kappa shape index (κ2) is 5.96. The number of hydrazone groups is 1. The number of aliphatic carboxylic acids is 1. The topological polar surface area (TPSA) is 64.9 Å². The Bertz CT molecular complexity index is 542. The van der Waals surface area contributed by atoms with Gasteiger partial charge in [-0.15, -0.1) is 0 Å². The fourth-order valence-corrected chi connectivity index (χ4v) is 1.94. The summed E-state index contributed by atoms with van der Waals surface area (Å²) in [6, 6.07) is 7.04. The lowest BCUT2D eigenvalue weighted by atomic mass is 9.99. The van der Waals surface area contributed by atoms with Crippen LogP contribution in [0.15, 0.2) is 41.8 Å². The van der Waals surface area contributed by atoms with Crippen LogP contribution in [0, 0.1) is 0 Å². The molecule has 1 aliphatic rings. The van der Waals surface area contributed by atoms with Crippen LogP contribution in [0.25, 0.3) is 0 Å². The number of hydrogen-bond donors (Lipinski definition) is 2. The summed E-state index contributed by atoms with van der Waals surface area (Å²) in [7, 11) is 0. The van der Waals surface area contributed by atoms with Crippen molar-refractivity contribution in [1.82, 2.24) is 5.01 Å². The summed E-state index contributed by atoms with van der Waals surface area (Å²) in [6.45, 7) is 5.45. The zero-order chi connectivity index (χ0) is 14.0. The fraction of sp³-hybridized carbons (Fsp3) is 0.286. The number of carboxylic acids is 1. The van der Waals surface area contributed by atoms with E-state index in [1.165, 1.54) is 5.01 Å². The number of rotatable bonds is 4. The van der Waals surface area contributed by atoms with Gasteiger partial charge in [0, 0.05) is 23.3 Å². The lowest BCUT2D eigenvalue weighted by molar-refractivity contribution is -0.148. The molecule has 0 saturated carbocycles. The van der Waals surface area contributed by atoms with Gasteiger partial charge in [0.2, 0.25) is 0 Å². The molecule has 1 atom stereocenters. The second-order valence-corrected chi connectivity index (χ2v) is 4.91. The predicted octanol–water partition coefficient (Wildman–Crippen LogP) is 3.39. The Morgan fingerprint density at radius 1 is 1.50 bits per heavy atom. The van der Waals surface area contributed by atoms with E-state index in [1.54, 1.807) is 37.4 Å². The molecule has 20 heavy (non-hydrogen) atoms. The molecule has 0 fully saturated rings. The summed E-state index contributed by atoms with van der Waals surface area (Å²) < 4.78 is 0. The second-order valence-electron chi connectivity index (χ2n) is 4.47. The number of carbonyl (C=O) groups is 1. The molecule has 0 unspecified atom stereocenters. The van der Waals surface area contributed by atoms with Gasteiger partial charge in [0.25, 0.3) is 0 Å². The van der Waals surface area contributed by atoms with Gasteiger partial charge < -0.3 is 10.4 Å². The van der Waals surface area contributed by atoms with Crippen LogP contribution in [0.5, 0.6) is 0 Å². The normalized spacial score (nSPS) is 20.4. The highest BCUT2D eigenvalue weighted by atomic mass is 35.5. The number of nitrogens with one attached hydrogen (secondary N) is 1. The summed E-state index contributed by atoms with van der Waals surface area (Å²) in [6.07, 6.45) is 1.91. The minimum Gasteiger partial charge on any atom is -0.479 e. The fourth-order valence-electron chi connectivity index (χ4n) is 1.81. The smallest absolute Gasteiger partial charge is 0.331 e. The number of benzene rings is 1. The first-order valence-corrected chi connectivity index (χ1v) is 6.09. The van der Waals surface area contributed by atoms with Crippen LogP contribution in [-0.4, -0.2) is 27.8 Å². The van der Waals surface area contributed by atoms with Gasteiger partial charge in [0.15, 0.2) is 5.54 Å². The van der Waals surface area contributed by atoms with Gasteiger partial charge >= 0.3 is 5.97 Å². The van der Waals surface area contributed by atoms with E-state index in [4.69, 9.17) is 11.6 Å². The van der Waals surface area contributed by atoms with Crippen LogP contribution < -0.4 is 5.32 Å². The van der Waals surface area contributed by atoms with Gasteiger partial charge in [0.1, 0.15) is 5.82 Å². The van der Waals surface area contributed by atoms with Gasteiger partial charge in [-0.1, -0.05) is 25.6 Å². The van der Waals surface area contributed by atoms with Crippen molar-refractivity contribution in [2.45, 2.75) is 26.3 Å². The Morgan fingerprint density at radius 2 is 2.10 bits per heavy atom. The van der Waals surface area contributed by atoms with Gasteiger partial charge in [-0.25, -0.2) is 9.80 Å². The third-order valence-electron chi connectivity index (χ3n) is 3.00. The Hall–Kier alpha value is -2.01. The van der Waals surface area contributed by atoms with Crippen molar-refractivity contribution in [2.24, 2.45) is 5.10 Å². The monoisotopic (exact) mass is 295 g/mol. The van der Waals surface area contributed by atoms with Crippen molar-refractivity contribution in [1.29, 1.82) is 0 Å². The maximum atomic E-state index is 11.3. The largest absolute Gasteiger partial charge is 0.479 e. The molecule has 1 aromatic rings. The van der Waals surface area contributed by atoms with Crippen molar-refractivity contribution in [3.05, 3.63) is 41.7 Å². The van der Waals surface area contributed by atoms with Gasteiger partial charge in [-0.3, -0.25) is 0 Å². The number of anilines is 1. The molecule has 0 aliphatic carbocycles. The van der Waals surface area contributed by atoms with Crippen molar-refractivity contribution < 1.29 is 9.90 Å². The van der Waals surface area contributed by atoms with Crippen LogP contribution in [-0.2, 0) is 4.79 Å². The average Bonchev–Trinajstić information content (AvgIpc) is 2.76. The lowest BCUT2D eigenvalue weighted by Crippen LogP contribution is -2.47. The Kier molecular flexibility index (Phi) is 4.78. The van der Waals surface area contributed by atoms with Crippen molar-refractivity contribution in [3.63, 3.8) is 0 Å². The number of carboxylic acid groups (broad SMARTS) is 1. The highest BCUT2D eigenvalue weighted by Crippen LogP contribution is 2.29. The first-order valence-electron chi connectivity index (χ1n) is 5.71. The van der Waals surface area contributed by atoms with Crippen LogP contribution in [0.1, 0.15) is 20.8 Å². The SMILES string of the molecule is C.C=C(Nc1ccc(Cl)cc1)N1N=CC[C@]1(C)C(=O)O. The van der Waals surface area contributed by atoms with Crippen molar-refractivity contribution in [3.8, 4) is 0 Å². The molecule has 0 amide bonds.